The van der Waals surface area contributed by atoms with Crippen LogP contribution in [-0.4, -0.2) is 17.0 Å². The lowest BCUT2D eigenvalue weighted by Gasteiger charge is -2.16. The van der Waals surface area contributed by atoms with Gasteiger partial charge in [-0.3, -0.25) is 9.97 Å². The van der Waals surface area contributed by atoms with Crippen LogP contribution in [0.2, 0.25) is 5.02 Å². The lowest BCUT2D eigenvalue weighted by Crippen LogP contribution is -2.20. The van der Waals surface area contributed by atoms with Crippen molar-refractivity contribution in [2.45, 2.75) is 12.5 Å². The summed E-state index contributed by atoms with van der Waals surface area (Å²) in [5.41, 5.74) is 1.71. The van der Waals surface area contributed by atoms with Gasteiger partial charge in [-0.1, -0.05) is 17.7 Å². The quantitative estimate of drug-likeness (QED) is 0.924. The molecule has 2 aromatic rings. The first-order valence-corrected chi connectivity index (χ1v) is 5.95. The number of likely N-dealkylation sites (N-methyl/N-ethyl adjacent to an activating group) is 1. The fourth-order valence-electron chi connectivity index (χ4n) is 1.75. The van der Waals surface area contributed by atoms with E-state index in [4.69, 9.17) is 11.6 Å². The third-order valence-electron chi connectivity index (χ3n) is 2.73. The maximum atomic E-state index is 13.0. The van der Waals surface area contributed by atoms with Crippen molar-refractivity contribution in [2.24, 2.45) is 0 Å². The minimum atomic E-state index is -0.329. The van der Waals surface area contributed by atoms with E-state index < -0.39 is 0 Å². The Labute approximate surface area is 110 Å². The van der Waals surface area contributed by atoms with Gasteiger partial charge in [0.05, 0.1) is 11.7 Å². The fraction of sp³-hybridized carbons (Fsp3) is 0.231. The highest BCUT2D eigenvalue weighted by molar-refractivity contribution is 6.31. The smallest absolute Gasteiger partial charge is 0.124 e. The zero-order valence-corrected chi connectivity index (χ0v) is 10.7. The van der Waals surface area contributed by atoms with Crippen LogP contribution in [0.1, 0.15) is 17.3 Å². The van der Waals surface area contributed by atoms with E-state index in [0.717, 1.165) is 11.3 Å². The van der Waals surface area contributed by atoms with E-state index in [-0.39, 0.29) is 11.9 Å². The molecule has 1 heterocycles. The van der Waals surface area contributed by atoms with Gasteiger partial charge >= 0.3 is 0 Å². The van der Waals surface area contributed by atoms with Crippen LogP contribution in [0.3, 0.4) is 0 Å². The van der Waals surface area contributed by atoms with Gasteiger partial charge in [0.15, 0.2) is 0 Å². The number of rotatable bonds is 4. The Morgan fingerprint density at radius 3 is 2.83 bits per heavy atom. The average Bonchev–Trinajstić information content (AvgIpc) is 2.39. The molecule has 18 heavy (non-hydrogen) atoms. The van der Waals surface area contributed by atoms with Crippen molar-refractivity contribution in [3.63, 3.8) is 0 Å². The van der Waals surface area contributed by atoms with Gasteiger partial charge in [0.2, 0.25) is 0 Å². The standard InChI is InChI=1S/C13H13ClFN3/c1-16-12(13-8-17-4-5-18-13)6-9-2-3-10(15)7-11(9)14/h2-5,7-8,12,16H,6H2,1H3. The highest BCUT2D eigenvalue weighted by Gasteiger charge is 2.13. The minimum absolute atomic E-state index is 0.00154. The summed E-state index contributed by atoms with van der Waals surface area (Å²) >= 11 is 6.01. The van der Waals surface area contributed by atoms with Gasteiger partial charge in [0, 0.05) is 23.6 Å². The average molecular weight is 266 g/mol. The van der Waals surface area contributed by atoms with Crippen LogP contribution in [0.15, 0.2) is 36.8 Å². The summed E-state index contributed by atoms with van der Waals surface area (Å²) in [5, 5.41) is 3.58. The first-order chi connectivity index (χ1) is 8.70. The Hall–Kier alpha value is -1.52. The zero-order chi connectivity index (χ0) is 13.0. The van der Waals surface area contributed by atoms with Crippen molar-refractivity contribution in [1.82, 2.24) is 15.3 Å². The third-order valence-corrected chi connectivity index (χ3v) is 3.08. The second-order valence-electron chi connectivity index (χ2n) is 3.91. The molecular formula is C13H13ClFN3. The van der Waals surface area contributed by atoms with Gasteiger partial charge in [-0.15, -0.1) is 0 Å². The van der Waals surface area contributed by atoms with E-state index in [0.29, 0.717) is 11.4 Å². The number of hydrogen-bond acceptors (Lipinski definition) is 3. The second kappa shape index (κ2) is 5.89. The topological polar surface area (TPSA) is 37.8 Å². The van der Waals surface area contributed by atoms with E-state index in [1.54, 1.807) is 24.7 Å². The molecule has 1 unspecified atom stereocenters. The molecule has 3 nitrogen and oxygen atoms in total. The van der Waals surface area contributed by atoms with Gasteiger partial charge in [-0.2, -0.15) is 0 Å². The first kappa shape index (κ1) is 12.9. The summed E-state index contributed by atoms with van der Waals surface area (Å²) in [5.74, 6) is -0.329. The minimum Gasteiger partial charge on any atom is -0.311 e. The van der Waals surface area contributed by atoms with Crippen molar-refractivity contribution in [3.8, 4) is 0 Å². The summed E-state index contributed by atoms with van der Waals surface area (Å²) in [6.45, 7) is 0. The van der Waals surface area contributed by atoms with Gasteiger partial charge < -0.3 is 5.32 Å². The highest BCUT2D eigenvalue weighted by atomic mass is 35.5. The molecular weight excluding hydrogens is 253 g/mol. The van der Waals surface area contributed by atoms with Gasteiger partial charge in [-0.05, 0) is 31.2 Å². The maximum Gasteiger partial charge on any atom is 0.124 e. The Balaban J connectivity index is 2.21. The van der Waals surface area contributed by atoms with Crippen molar-refractivity contribution in [1.29, 1.82) is 0 Å². The Morgan fingerprint density at radius 1 is 1.39 bits per heavy atom. The molecule has 0 bridgehead atoms. The fourth-order valence-corrected chi connectivity index (χ4v) is 2.00. The maximum absolute atomic E-state index is 13.0. The van der Waals surface area contributed by atoms with E-state index >= 15 is 0 Å². The molecule has 0 fully saturated rings. The number of nitrogens with one attached hydrogen (secondary N) is 1. The molecule has 1 atom stereocenters. The molecule has 94 valence electrons. The lowest BCUT2D eigenvalue weighted by molar-refractivity contribution is 0.571. The van der Waals surface area contributed by atoms with E-state index in [1.807, 2.05) is 7.05 Å². The van der Waals surface area contributed by atoms with Crippen LogP contribution >= 0.6 is 11.6 Å². The monoisotopic (exact) mass is 265 g/mol. The number of nitrogens with zero attached hydrogens (tertiary/aromatic N) is 2. The number of halogens is 2. The number of aromatic nitrogens is 2. The van der Waals surface area contributed by atoms with Crippen molar-refractivity contribution in [3.05, 3.63) is 58.9 Å². The summed E-state index contributed by atoms with van der Waals surface area (Å²) in [6.07, 6.45) is 5.61. The van der Waals surface area contributed by atoms with Crippen LogP contribution < -0.4 is 5.32 Å². The van der Waals surface area contributed by atoms with Gasteiger partial charge in [-0.25, -0.2) is 4.39 Å². The molecule has 0 aliphatic rings. The van der Waals surface area contributed by atoms with Crippen molar-refractivity contribution >= 4 is 11.6 Å². The molecule has 5 heteroatoms. The van der Waals surface area contributed by atoms with Crippen molar-refractivity contribution < 1.29 is 4.39 Å². The van der Waals surface area contributed by atoms with Crippen LogP contribution in [0.25, 0.3) is 0 Å². The lowest BCUT2D eigenvalue weighted by atomic mass is 10.0. The third kappa shape index (κ3) is 3.03. The molecule has 1 aromatic heterocycles. The molecule has 1 aromatic carbocycles. The van der Waals surface area contributed by atoms with Crippen LogP contribution in [-0.2, 0) is 6.42 Å². The summed E-state index contributed by atoms with van der Waals surface area (Å²) in [6, 6.07) is 4.42. The molecule has 0 aliphatic heterocycles. The zero-order valence-electron chi connectivity index (χ0n) is 9.90. The molecule has 0 spiro atoms. The summed E-state index contributed by atoms with van der Waals surface area (Å²) < 4.78 is 13.0. The van der Waals surface area contributed by atoms with Gasteiger partial charge in [0.1, 0.15) is 5.82 Å². The Morgan fingerprint density at radius 2 is 2.22 bits per heavy atom. The highest BCUT2D eigenvalue weighted by Crippen LogP contribution is 2.23. The first-order valence-electron chi connectivity index (χ1n) is 5.58. The second-order valence-corrected chi connectivity index (χ2v) is 4.32. The normalized spacial score (nSPS) is 12.4. The SMILES string of the molecule is CNC(Cc1ccc(F)cc1Cl)c1cnccn1. The van der Waals surface area contributed by atoms with Gasteiger partial charge in [0.25, 0.3) is 0 Å². The molecule has 0 amide bonds. The summed E-state index contributed by atoms with van der Waals surface area (Å²) in [4.78, 5) is 8.29. The van der Waals surface area contributed by atoms with E-state index in [9.17, 15) is 4.39 Å². The predicted molar refractivity (Wildman–Crippen MR) is 68.9 cm³/mol. The molecule has 1 N–H and O–H groups in total. The molecule has 0 radical (unpaired) electrons. The van der Waals surface area contributed by atoms with E-state index in [1.165, 1.54) is 12.1 Å². The van der Waals surface area contributed by atoms with Crippen LogP contribution in [0.5, 0.6) is 0 Å². The van der Waals surface area contributed by atoms with Crippen molar-refractivity contribution in [2.75, 3.05) is 7.05 Å². The summed E-state index contributed by atoms with van der Waals surface area (Å²) in [7, 11) is 1.84. The van der Waals surface area contributed by atoms with Crippen LogP contribution in [0.4, 0.5) is 4.39 Å². The Kier molecular flexibility index (Phi) is 4.23. The number of hydrogen-bond donors (Lipinski definition) is 1. The molecule has 0 saturated heterocycles. The number of benzene rings is 1. The molecule has 0 aliphatic carbocycles. The van der Waals surface area contributed by atoms with Crippen LogP contribution in [0, 0.1) is 5.82 Å². The molecule has 0 saturated carbocycles. The largest absolute Gasteiger partial charge is 0.311 e. The molecule has 2 rings (SSSR count). The predicted octanol–water partition coefficient (Wildman–Crippen LogP) is 2.77. The van der Waals surface area contributed by atoms with E-state index in [2.05, 4.69) is 15.3 Å². The Bertz CT molecular complexity index is 519.